The van der Waals surface area contributed by atoms with E-state index < -0.39 is 10.0 Å². The maximum absolute atomic E-state index is 13.2. The zero-order chi connectivity index (χ0) is 20.9. The standard InChI is InChI=1S/C21H35N5O2S/c1-4-21(10-7-11-21)17-24-20(22-2)23-16-18-8-5-6-9-19(18)29(27,28)26-14-12-25(3)13-15-26/h5-6,8-9H,4,7,10-17H2,1-3H3,(H2,22,23,24). The Morgan fingerprint density at radius 3 is 2.41 bits per heavy atom. The molecule has 0 radical (unpaired) electrons. The number of piperazine rings is 1. The van der Waals surface area contributed by atoms with Gasteiger partial charge in [0, 0.05) is 46.3 Å². The van der Waals surface area contributed by atoms with Crippen molar-refractivity contribution in [1.82, 2.24) is 19.8 Å². The van der Waals surface area contributed by atoms with Crippen molar-refractivity contribution < 1.29 is 8.42 Å². The highest BCUT2D eigenvalue weighted by Gasteiger charge is 2.35. The van der Waals surface area contributed by atoms with Crippen LogP contribution in [0.2, 0.25) is 0 Å². The fourth-order valence-electron chi connectivity index (χ4n) is 4.07. The van der Waals surface area contributed by atoms with Crippen LogP contribution in [0.15, 0.2) is 34.2 Å². The normalized spacial score (nSPS) is 20.9. The molecule has 1 saturated heterocycles. The summed E-state index contributed by atoms with van der Waals surface area (Å²) in [4.78, 5) is 6.86. The molecule has 8 heteroatoms. The number of rotatable bonds is 7. The third-order valence-electron chi connectivity index (χ3n) is 6.52. The molecule has 29 heavy (non-hydrogen) atoms. The van der Waals surface area contributed by atoms with Crippen LogP contribution < -0.4 is 10.6 Å². The quantitative estimate of drug-likeness (QED) is 0.519. The van der Waals surface area contributed by atoms with Crippen LogP contribution in [-0.4, -0.2) is 70.4 Å². The van der Waals surface area contributed by atoms with Crippen LogP contribution in [0.3, 0.4) is 0 Å². The molecule has 7 nitrogen and oxygen atoms in total. The number of guanidine groups is 1. The fourth-order valence-corrected chi connectivity index (χ4v) is 5.72. The molecule has 2 N–H and O–H groups in total. The summed E-state index contributed by atoms with van der Waals surface area (Å²) in [5, 5.41) is 6.73. The molecule has 0 unspecified atom stereocenters. The van der Waals surface area contributed by atoms with E-state index in [0.29, 0.717) is 29.9 Å². The van der Waals surface area contributed by atoms with E-state index >= 15 is 0 Å². The minimum Gasteiger partial charge on any atom is -0.356 e. The summed E-state index contributed by atoms with van der Waals surface area (Å²) in [6, 6.07) is 7.27. The summed E-state index contributed by atoms with van der Waals surface area (Å²) in [5.74, 6) is 0.719. The fraction of sp³-hybridized carbons (Fsp3) is 0.667. The lowest BCUT2D eigenvalue weighted by Gasteiger charge is -2.41. The van der Waals surface area contributed by atoms with Gasteiger partial charge in [-0.1, -0.05) is 31.5 Å². The smallest absolute Gasteiger partial charge is 0.243 e. The van der Waals surface area contributed by atoms with Crippen molar-refractivity contribution in [3.05, 3.63) is 29.8 Å². The van der Waals surface area contributed by atoms with Crippen LogP contribution in [0.1, 0.15) is 38.2 Å². The van der Waals surface area contributed by atoms with Gasteiger partial charge in [0.15, 0.2) is 5.96 Å². The highest BCUT2D eigenvalue weighted by atomic mass is 32.2. The average molecular weight is 422 g/mol. The summed E-state index contributed by atoms with van der Waals surface area (Å²) in [6.07, 6.45) is 5.00. The lowest BCUT2D eigenvalue weighted by Crippen LogP contribution is -2.47. The first kappa shape index (κ1) is 22.1. The number of likely N-dealkylation sites (N-methyl/N-ethyl adjacent to an activating group) is 1. The topological polar surface area (TPSA) is 77.0 Å². The molecule has 1 heterocycles. The third kappa shape index (κ3) is 5.10. The van der Waals surface area contributed by atoms with Gasteiger partial charge in [0.05, 0.1) is 4.90 Å². The van der Waals surface area contributed by atoms with Crippen LogP contribution in [0.25, 0.3) is 0 Å². The molecule has 1 aromatic carbocycles. The summed E-state index contributed by atoms with van der Waals surface area (Å²) >= 11 is 0. The first-order valence-corrected chi connectivity index (χ1v) is 12.1. The predicted molar refractivity (Wildman–Crippen MR) is 117 cm³/mol. The maximum Gasteiger partial charge on any atom is 0.243 e. The van der Waals surface area contributed by atoms with Gasteiger partial charge in [0.2, 0.25) is 10.0 Å². The Kier molecular flexibility index (Phi) is 7.19. The highest BCUT2D eigenvalue weighted by Crippen LogP contribution is 2.43. The van der Waals surface area contributed by atoms with E-state index in [4.69, 9.17) is 0 Å². The van der Waals surface area contributed by atoms with Crippen molar-refractivity contribution >= 4 is 16.0 Å². The molecule has 162 valence electrons. The van der Waals surface area contributed by atoms with Gasteiger partial charge in [0.1, 0.15) is 0 Å². The number of hydrogen-bond acceptors (Lipinski definition) is 4. The second-order valence-electron chi connectivity index (χ2n) is 8.30. The molecular formula is C21H35N5O2S. The zero-order valence-corrected chi connectivity index (χ0v) is 18.8. The molecule has 1 aliphatic heterocycles. The molecule has 1 saturated carbocycles. The van der Waals surface area contributed by atoms with Gasteiger partial charge in [-0.05, 0) is 43.4 Å². The van der Waals surface area contributed by atoms with E-state index in [1.807, 2.05) is 19.2 Å². The van der Waals surface area contributed by atoms with E-state index in [1.165, 1.54) is 25.7 Å². The molecule has 0 bridgehead atoms. The summed E-state index contributed by atoms with van der Waals surface area (Å²) in [5.41, 5.74) is 1.16. The zero-order valence-electron chi connectivity index (χ0n) is 17.9. The highest BCUT2D eigenvalue weighted by molar-refractivity contribution is 7.89. The number of benzene rings is 1. The third-order valence-corrected chi connectivity index (χ3v) is 8.52. The van der Waals surface area contributed by atoms with E-state index in [2.05, 4.69) is 27.4 Å². The van der Waals surface area contributed by atoms with Crippen molar-refractivity contribution in [1.29, 1.82) is 0 Å². The largest absolute Gasteiger partial charge is 0.356 e. The molecule has 0 aromatic heterocycles. The number of aliphatic imine (C=N–C) groups is 1. The Bertz CT molecular complexity index is 807. The van der Waals surface area contributed by atoms with E-state index in [-0.39, 0.29) is 0 Å². The maximum atomic E-state index is 13.2. The van der Waals surface area contributed by atoms with E-state index in [0.717, 1.165) is 31.2 Å². The molecule has 3 rings (SSSR count). The predicted octanol–water partition coefficient (Wildman–Crippen LogP) is 1.87. The Balaban J connectivity index is 1.65. The monoisotopic (exact) mass is 421 g/mol. The Labute approximate surface area is 175 Å². The van der Waals surface area contributed by atoms with Gasteiger partial charge < -0.3 is 15.5 Å². The number of hydrogen-bond donors (Lipinski definition) is 2. The van der Waals surface area contributed by atoms with E-state index in [9.17, 15) is 8.42 Å². The van der Waals surface area contributed by atoms with Crippen LogP contribution in [0.4, 0.5) is 0 Å². The first-order valence-electron chi connectivity index (χ1n) is 10.6. The van der Waals surface area contributed by atoms with Gasteiger partial charge >= 0.3 is 0 Å². The Morgan fingerprint density at radius 1 is 1.14 bits per heavy atom. The summed E-state index contributed by atoms with van der Waals surface area (Å²) in [6.45, 7) is 6.15. The minimum absolute atomic E-state index is 0.386. The summed E-state index contributed by atoms with van der Waals surface area (Å²) in [7, 11) is 0.273. The molecular weight excluding hydrogens is 386 g/mol. The Hall–Kier alpha value is -1.64. The lowest BCUT2D eigenvalue weighted by molar-refractivity contribution is 0.131. The van der Waals surface area contributed by atoms with Gasteiger partial charge in [-0.2, -0.15) is 4.31 Å². The molecule has 2 fully saturated rings. The van der Waals surface area contributed by atoms with Crippen LogP contribution >= 0.6 is 0 Å². The molecule has 1 aromatic rings. The molecule has 0 spiro atoms. The lowest BCUT2D eigenvalue weighted by atomic mass is 9.67. The second-order valence-corrected chi connectivity index (χ2v) is 10.2. The number of sulfonamides is 1. The first-order chi connectivity index (χ1) is 13.9. The molecule has 2 aliphatic rings. The van der Waals surface area contributed by atoms with Crippen molar-refractivity contribution in [2.24, 2.45) is 10.4 Å². The van der Waals surface area contributed by atoms with Crippen LogP contribution in [0, 0.1) is 5.41 Å². The number of nitrogens with zero attached hydrogens (tertiary/aromatic N) is 3. The van der Waals surface area contributed by atoms with Gasteiger partial charge in [-0.15, -0.1) is 0 Å². The SMILES string of the molecule is CCC1(CNC(=NC)NCc2ccccc2S(=O)(=O)N2CCN(C)CC2)CCC1. The van der Waals surface area contributed by atoms with Crippen LogP contribution in [-0.2, 0) is 16.6 Å². The Morgan fingerprint density at radius 2 is 1.83 bits per heavy atom. The molecule has 0 atom stereocenters. The van der Waals surface area contributed by atoms with Crippen molar-refractivity contribution in [2.75, 3.05) is 46.8 Å². The van der Waals surface area contributed by atoms with E-state index in [1.54, 1.807) is 23.5 Å². The average Bonchev–Trinajstić information content (AvgIpc) is 2.70. The molecule has 0 amide bonds. The van der Waals surface area contributed by atoms with Gasteiger partial charge in [-0.3, -0.25) is 4.99 Å². The van der Waals surface area contributed by atoms with Crippen molar-refractivity contribution in [3.8, 4) is 0 Å². The second kappa shape index (κ2) is 9.45. The van der Waals surface area contributed by atoms with Gasteiger partial charge in [-0.25, -0.2) is 8.42 Å². The number of nitrogens with one attached hydrogen (secondary N) is 2. The molecule has 1 aliphatic carbocycles. The van der Waals surface area contributed by atoms with Gasteiger partial charge in [0.25, 0.3) is 0 Å². The van der Waals surface area contributed by atoms with Crippen molar-refractivity contribution in [3.63, 3.8) is 0 Å². The van der Waals surface area contributed by atoms with Crippen LogP contribution in [0.5, 0.6) is 0 Å². The van der Waals surface area contributed by atoms with Crippen molar-refractivity contribution in [2.45, 2.75) is 44.0 Å². The summed E-state index contributed by atoms with van der Waals surface area (Å²) < 4.78 is 28.0. The minimum atomic E-state index is -3.50.